The zero-order valence-corrected chi connectivity index (χ0v) is 23.7. The third kappa shape index (κ3) is 7.40. The summed E-state index contributed by atoms with van der Waals surface area (Å²) in [5.74, 6) is 0.0453. The van der Waals surface area contributed by atoms with Crippen LogP contribution in [0.5, 0.6) is 11.5 Å². The first-order chi connectivity index (χ1) is 18.0. The highest BCUT2D eigenvalue weighted by molar-refractivity contribution is 7.92. The second-order valence-electron chi connectivity index (χ2n) is 9.78. The molecule has 2 aromatic rings. The molecule has 0 unspecified atom stereocenters. The number of hydrogen-bond acceptors (Lipinski definition) is 6. The fraction of sp³-hybridized carbons (Fsp3) is 0.500. The fourth-order valence-electron chi connectivity index (χ4n) is 4.72. The molecule has 0 aliphatic heterocycles. The molecule has 3 rings (SSSR count). The summed E-state index contributed by atoms with van der Waals surface area (Å²) in [6.07, 6.45) is 6.19. The maximum Gasteiger partial charge on any atom is 0.244 e. The van der Waals surface area contributed by atoms with Crippen LogP contribution >= 0.6 is 0 Å². The summed E-state index contributed by atoms with van der Waals surface area (Å²) < 4.78 is 37.3. The Morgan fingerprint density at radius 3 is 2.29 bits per heavy atom. The van der Waals surface area contributed by atoms with Gasteiger partial charge in [0.1, 0.15) is 12.6 Å². The largest absolute Gasteiger partial charge is 0.493 e. The molecule has 0 radical (unpaired) electrons. The van der Waals surface area contributed by atoms with Crippen LogP contribution < -0.4 is 19.1 Å². The molecule has 2 aromatic carbocycles. The van der Waals surface area contributed by atoms with E-state index in [2.05, 4.69) is 5.32 Å². The molecular weight excluding hydrogens is 506 g/mol. The molecule has 1 fully saturated rings. The summed E-state index contributed by atoms with van der Waals surface area (Å²) >= 11 is 0. The van der Waals surface area contributed by atoms with Gasteiger partial charge in [-0.1, -0.05) is 43.5 Å². The standard InChI is InChI=1S/C28H39N3O6S/c1-20-11-9-10-12-22(20)18-30(21(2)28(33)29-23-13-7-6-8-14-23)27(32)19-31(38(5,34)35)24-15-16-25(36-3)26(17-24)37-4/h9-12,15-17,21,23H,6-8,13-14,18-19H2,1-5H3,(H,29,33)/t21-/m0/s1. The second-order valence-corrected chi connectivity index (χ2v) is 11.7. The molecule has 0 bridgehead atoms. The van der Waals surface area contributed by atoms with Gasteiger partial charge in [0, 0.05) is 18.7 Å². The van der Waals surface area contributed by atoms with Crippen molar-refractivity contribution < 1.29 is 27.5 Å². The van der Waals surface area contributed by atoms with Crippen LogP contribution in [-0.2, 0) is 26.2 Å². The van der Waals surface area contributed by atoms with E-state index in [1.165, 1.54) is 25.2 Å². The van der Waals surface area contributed by atoms with Gasteiger partial charge in [-0.25, -0.2) is 8.42 Å². The van der Waals surface area contributed by atoms with Crippen molar-refractivity contribution in [2.24, 2.45) is 0 Å². The molecule has 2 amide bonds. The molecule has 1 saturated carbocycles. The average Bonchev–Trinajstić information content (AvgIpc) is 2.90. The van der Waals surface area contributed by atoms with E-state index in [0.717, 1.165) is 53.8 Å². The van der Waals surface area contributed by atoms with E-state index >= 15 is 0 Å². The van der Waals surface area contributed by atoms with Crippen LogP contribution in [0.3, 0.4) is 0 Å². The quantitative estimate of drug-likeness (QED) is 0.462. The molecule has 1 atom stereocenters. The highest BCUT2D eigenvalue weighted by Gasteiger charge is 2.31. The predicted molar refractivity (Wildman–Crippen MR) is 148 cm³/mol. The van der Waals surface area contributed by atoms with Gasteiger partial charge in [0.05, 0.1) is 26.2 Å². The third-order valence-electron chi connectivity index (χ3n) is 7.06. The summed E-state index contributed by atoms with van der Waals surface area (Å²) in [5, 5.41) is 3.10. The molecule has 9 nitrogen and oxygen atoms in total. The number of anilines is 1. The average molecular weight is 546 g/mol. The van der Waals surface area contributed by atoms with E-state index < -0.39 is 28.5 Å². The molecule has 10 heteroatoms. The van der Waals surface area contributed by atoms with Crippen molar-refractivity contribution in [2.45, 2.75) is 64.6 Å². The first-order valence-corrected chi connectivity index (χ1v) is 14.7. The van der Waals surface area contributed by atoms with Gasteiger partial charge < -0.3 is 19.7 Å². The number of hydrogen-bond donors (Lipinski definition) is 1. The van der Waals surface area contributed by atoms with Crippen LogP contribution in [0.1, 0.15) is 50.2 Å². The molecule has 0 spiro atoms. The minimum absolute atomic E-state index is 0.0911. The molecule has 38 heavy (non-hydrogen) atoms. The smallest absolute Gasteiger partial charge is 0.244 e. The number of carbonyl (C=O) groups excluding carboxylic acids is 2. The lowest BCUT2D eigenvalue weighted by molar-refractivity contribution is -0.139. The Morgan fingerprint density at radius 2 is 1.68 bits per heavy atom. The lowest BCUT2D eigenvalue weighted by Crippen LogP contribution is -2.53. The Bertz CT molecular complexity index is 1230. The molecule has 1 aliphatic carbocycles. The second kappa shape index (κ2) is 13.0. The van der Waals surface area contributed by atoms with E-state index in [9.17, 15) is 18.0 Å². The Hall–Kier alpha value is -3.27. The fourth-order valence-corrected chi connectivity index (χ4v) is 5.56. The highest BCUT2D eigenvalue weighted by atomic mass is 32.2. The number of benzene rings is 2. The number of amides is 2. The molecule has 0 saturated heterocycles. The number of methoxy groups -OCH3 is 2. The minimum Gasteiger partial charge on any atom is -0.493 e. The van der Waals surface area contributed by atoms with Gasteiger partial charge in [0.15, 0.2) is 11.5 Å². The number of nitrogens with zero attached hydrogens (tertiary/aromatic N) is 2. The van der Waals surface area contributed by atoms with Gasteiger partial charge in [0.2, 0.25) is 21.8 Å². The first kappa shape index (κ1) is 29.3. The zero-order valence-electron chi connectivity index (χ0n) is 22.9. The maximum atomic E-state index is 13.8. The van der Waals surface area contributed by atoms with Crippen molar-refractivity contribution in [3.63, 3.8) is 0 Å². The molecule has 1 aliphatic rings. The number of ether oxygens (including phenoxy) is 2. The molecule has 0 heterocycles. The Balaban J connectivity index is 1.91. The number of nitrogens with one attached hydrogen (secondary N) is 1. The maximum absolute atomic E-state index is 13.8. The number of aryl methyl sites for hydroxylation is 1. The van der Waals surface area contributed by atoms with Crippen LogP contribution in [0.25, 0.3) is 0 Å². The van der Waals surface area contributed by atoms with Gasteiger partial charge in [0.25, 0.3) is 0 Å². The Kier molecular flexibility index (Phi) is 10.0. The van der Waals surface area contributed by atoms with Crippen LogP contribution in [-0.4, -0.2) is 64.2 Å². The summed E-state index contributed by atoms with van der Waals surface area (Å²) in [7, 11) is -0.915. The zero-order chi connectivity index (χ0) is 27.9. The van der Waals surface area contributed by atoms with Crippen molar-refractivity contribution in [3.8, 4) is 11.5 Å². The molecule has 1 N–H and O–H groups in total. The van der Waals surface area contributed by atoms with Gasteiger partial charge in [-0.3, -0.25) is 13.9 Å². The molecule has 0 aromatic heterocycles. The summed E-state index contributed by atoms with van der Waals surface area (Å²) in [5.41, 5.74) is 2.12. The third-order valence-corrected chi connectivity index (χ3v) is 8.20. The van der Waals surface area contributed by atoms with E-state index in [-0.39, 0.29) is 24.2 Å². The SMILES string of the molecule is COc1ccc(N(CC(=O)N(Cc2ccccc2C)[C@@H](C)C(=O)NC2CCCCC2)S(C)(=O)=O)cc1OC. The van der Waals surface area contributed by atoms with Crippen LogP contribution in [0.15, 0.2) is 42.5 Å². The monoisotopic (exact) mass is 545 g/mol. The Labute approximate surface area is 226 Å². The predicted octanol–water partition coefficient (Wildman–Crippen LogP) is 3.64. The highest BCUT2D eigenvalue weighted by Crippen LogP contribution is 2.32. The van der Waals surface area contributed by atoms with Crippen LogP contribution in [0.2, 0.25) is 0 Å². The number of rotatable bonds is 11. The first-order valence-electron chi connectivity index (χ1n) is 12.9. The lowest BCUT2D eigenvalue weighted by atomic mass is 9.95. The summed E-state index contributed by atoms with van der Waals surface area (Å²) in [6.45, 7) is 3.34. The van der Waals surface area contributed by atoms with E-state index in [4.69, 9.17) is 9.47 Å². The Morgan fingerprint density at radius 1 is 1.03 bits per heavy atom. The van der Waals surface area contributed by atoms with Crippen LogP contribution in [0, 0.1) is 6.92 Å². The van der Waals surface area contributed by atoms with Gasteiger partial charge in [-0.05, 0) is 49.9 Å². The lowest BCUT2D eigenvalue weighted by Gasteiger charge is -2.33. The van der Waals surface area contributed by atoms with Crippen molar-refractivity contribution in [1.29, 1.82) is 0 Å². The van der Waals surface area contributed by atoms with Crippen molar-refractivity contribution in [1.82, 2.24) is 10.2 Å². The van der Waals surface area contributed by atoms with Gasteiger partial charge in [-0.15, -0.1) is 0 Å². The number of carbonyl (C=O) groups is 2. The van der Waals surface area contributed by atoms with Crippen molar-refractivity contribution >= 4 is 27.5 Å². The van der Waals surface area contributed by atoms with E-state index in [1.807, 2.05) is 31.2 Å². The van der Waals surface area contributed by atoms with Gasteiger partial charge >= 0.3 is 0 Å². The van der Waals surface area contributed by atoms with Crippen molar-refractivity contribution in [3.05, 3.63) is 53.6 Å². The summed E-state index contributed by atoms with van der Waals surface area (Å²) in [4.78, 5) is 28.5. The number of sulfonamides is 1. The van der Waals surface area contributed by atoms with E-state index in [1.54, 1.807) is 19.1 Å². The van der Waals surface area contributed by atoms with Crippen molar-refractivity contribution in [2.75, 3.05) is 31.3 Å². The minimum atomic E-state index is -3.85. The summed E-state index contributed by atoms with van der Waals surface area (Å²) in [6, 6.07) is 11.6. The van der Waals surface area contributed by atoms with Gasteiger partial charge in [-0.2, -0.15) is 0 Å². The molecule has 208 valence electrons. The molecular formula is C28H39N3O6S. The topological polar surface area (TPSA) is 105 Å². The van der Waals surface area contributed by atoms with Crippen LogP contribution in [0.4, 0.5) is 5.69 Å². The van der Waals surface area contributed by atoms with E-state index in [0.29, 0.717) is 11.5 Å². The normalized spacial score (nSPS) is 14.9.